The maximum atomic E-state index is 12.6. The number of allylic oxidation sites excluding steroid dienone is 2. The van der Waals surface area contributed by atoms with Crippen molar-refractivity contribution in [1.82, 2.24) is 0 Å². The Bertz CT molecular complexity index is 918. The predicted molar refractivity (Wildman–Crippen MR) is 143 cm³/mol. The molecule has 0 aromatic carbocycles. The minimum Gasteiger partial charge on any atom is -0.478 e. The van der Waals surface area contributed by atoms with E-state index in [-0.39, 0.29) is 34.2 Å². The molecule has 0 radical (unpaired) electrons. The second kappa shape index (κ2) is 9.85. The van der Waals surface area contributed by atoms with E-state index >= 15 is 0 Å². The third kappa shape index (κ3) is 4.03. The van der Waals surface area contributed by atoms with Gasteiger partial charge in [0.15, 0.2) is 0 Å². The normalized spacial score (nSPS) is 47.4. The van der Waals surface area contributed by atoms with Gasteiger partial charge in [-0.15, -0.1) is 0 Å². The van der Waals surface area contributed by atoms with Gasteiger partial charge in [-0.2, -0.15) is 0 Å². The summed E-state index contributed by atoms with van der Waals surface area (Å²) in [5, 5.41) is 22.3. The molecule has 0 aromatic heterocycles. The molecular weight excluding hydrogens is 452 g/mol. The van der Waals surface area contributed by atoms with Crippen molar-refractivity contribution in [2.75, 3.05) is 14.2 Å². The number of aliphatic carboxylic acids is 1. The zero-order valence-electron chi connectivity index (χ0n) is 23.9. The molecule has 204 valence electrons. The summed E-state index contributed by atoms with van der Waals surface area (Å²) >= 11 is 0. The molecule has 10 atom stereocenters. The van der Waals surface area contributed by atoms with E-state index in [1.807, 2.05) is 7.11 Å². The van der Waals surface area contributed by atoms with E-state index in [1.165, 1.54) is 5.57 Å². The van der Waals surface area contributed by atoms with Gasteiger partial charge in [0.2, 0.25) is 0 Å². The number of methoxy groups -OCH3 is 2. The lowest BCUT2D eigenvalue weighted by Crippen LogP contribution is -2.65. The Morgan fingerprint density at radius 1 is 1.08 bits per heavy atom. The average molecular weight is 503 g/mol. The molecule has 0 aromatic rings. The lowest BCUT2D eigenvalue weighted by molar-refractivity contribution is -0.235. The third-order valence-corrected chi connectivity index (χ3v) is 11.8. The zero-order valence-corrected chi connectivity index (χ0v) is 23.9. The van der Waals surface area contributed by atoms with Crippen LogP contribution in [0.15, 0.2) is 22.8 Å². The monoisotopic (exact) mass is 502 g/mol. The zero-order chi connectivity index (χ0) is 26.6. The molecule has 0 spiro atoms. The third-order valence-electron chi connectivity index (χ3n) is 11.8. The van der Waals surface area contributed by atoms with Crippen molar-refractivity contribution in [2.45, 2.75) is 111 Å². The number of aliphatic hydroxyl groups excluding tert-OH is 1. The van der Waals surface area contributed by atoms with Crippen LogP contribution in [0, 0.1) is 39.9 Å². The van der Waals surface area contributed by atoms with Crippen LogP contribution in [0.5, 0.6) is 0 Å². The number of carbonyl (C=O) groups is 1. The van der Waals surface area contributed by atoms with Crippen LogP contribution in [0.3, 0.4) is 0 Å². The first-order valence-corrected chi connectivity index (χ1v) is 14.2. The maximum absolute atomic E-state index is 12.6. The van der Waals surface area contributed by atoms with Gasteiger partial charge >= 0.3 is 5.97 Å². The molecule has 0 bridgehead atoms. The number of hydrogen-bond acceptors (Lipinski definition) is 4. The van der Waals surface area contributed by atoms with E-state index in [1.54, 1.807) is 7.11 Å². The summed E-state index contributed by atoms with van der Waals surface area (Å²) in [6, 6.07) is 0. The van der Waals surface area contributed by atoms with Gasteiger partial charge in [-0.25, -0.2) is 4.79 Å². The molecule has 2 N–H and O–H groups in total. The van der Waals surface area contributed by atoms with Crippen LogP contribution in [0.4, 0.5) is 0 Å². The van der Waals surface area contributed by atoms with Crippen molar-refractivity contribution < 1.29 is 24.5 Å². The average Bonchev–Trinajstić information content (AvgIpc) is 3.09. The Kier molecular flexibility index (Phi) is 7.62. The Morgan fingerprint density at radius 2 is 1.78 bits per heavy atom. The summed E-state index contributed by atoms with van der Waals surface area (Å²) in [6.45, 7) is 13.7. The highest BCUT2D eigenvalue weighted by molar-refractivity contribution is 5.88. The number of ether oxygens (including phenoxy) is 2. The van der Waals surface area contributed by atoms with Crippen LogP contribution in [-0.2, 0) is 14.3 Å². The second-order valence-corrected chi connectivity index (χ2v) is 13.5. The molecule has 4 fully saturated rings. The molecule has 4 rings (SSSR count). The summed E-state index contributed by atoms with van der Waals surface area (Å²) in [5.74, 6) is 0.418. The standard InChI is InChI=1S/C31H50O5/c1-18(2)10-9-11-20(28(33)34)26-22-16-23(32)27-29(4)14-13-24(35-7)19(3)21(29)12-15-30(27,5)31(22,6)17-25(26)36-8/h10,19,21-25,27,32H,9,11-17H2,1-8H3,(H,33,34)/b26-20-. The molecule has 5 heteroatoms. The summed E-state index contributed by atoms with van der Waals surface area (Å²) < 4.78 is 11.9. The fraction of sp³-hybridized carbons (Fsp3) is 0.839. The lowest BCUT2D eigenvalue weighted by Gasteiger charge is -2.69. The van der Waals surface area contributed by atoms with Crippen molar-refractivity contribution >= 4 is 5.97 Å². The first-order chi connectivity index (χ1) is 16.9. The Morgan fingerprint density at radius 3 is 2.36 bits per heavy atom. The minimum absolute atomic E-state index is 0.0318. The molecular formula is C31H50O5. The van der Waals surface area contributed by atoms with Crippen molar-refractivity contribution in [2.24, 2.45) is 39.9 Å². The van der Waals surface area contributed by atoms with Crippen LogP contribution < -0.4 is 0 Å². The fourth-order valence-electron chi connectivity index (χ4n) is 10.0. The summed E-state index contributed by atoms with van der Waals surface area (Å²) in [6.07, 6.45) is 8.80. The highest BCUT2D eigenvalue weighted by atomic mass is 16.5. The first kappa shape index (κ1) is 27.9. The lowest BCUT2D eigenvalue weighted by atomic mass is 9.36. The van der Waals surface area contributed by atoms with Gasteiger partial charge in [0.25, 0.3) is 0 Å². The fourth-order valence-corrected chi connectivity index (χ4v) is 10.0. The van der Waals surface area contributed by atoms with E-state index < -0.39 is 12.1 Å². The molecule has 5 nitrogen and oxygen atoms in total. The molecule has 36 heavy (non-hydrogen) atoms. The second-order valence-electron chi connectivity index (χ2n) is 13.5. The van der Waals surface area contributed by atoms with E-state index in [2.05, 4.69) is 47.6 Å². The van der Waals surface area contributed by atoms with Gasteiger partial charge in [0.1, 0.15) is 0 Å². The number of carboxylic acids is 1. The Balaban J connectivity index is 1.77. The summed E-state index contributed by atoms with van der Waals surface area (Å²) in [7, 11) is 3.57. The predicted octanol–water partition coefficient (Wildman–Crippen LogP) is 6.40. The van der Waals surface area contributed by atoms with Crippen LogP contribution in [0.1, 0.15) is 92.9 Å². The van der Waals surface area contributed by atoms with Crippen molar-refractivity contribution in [1.29, 1.82) is 0 Å². The SMILES string of the molecule is COC1CC2(C)C(CC(O)C3C4(C)CCC(OC)C(C)C4CCC32C)/C1=C(\CCC=C(C)C)C(=O)O. The molecule has 4 saturated carbocycles. The Hall–Kier alpha value is -1.17. The van der Waals surface area contributed by atoms with Gasteiger partial charge in [-0.1, -0.05) is 39.3 Å². The molecule has 0 heterocycles. The molecule has 10 unspecified atom stereocenters. The minimum atomic E-state index is -0.831. The van der Waals surface area contributed by atoms with Crippen LogP contribution >= 0.6 is 0 Å². The summed E-state index contributed by atoms with van der Waals surface area (Å²) in [5.41, 5.74) is 2.54. The van der Waals surface area contributed by atoms with Crippen LogP contribution in [0.2, 0.25) is 0 Å². The van der Waals surface area contributed by atoms with E-state index in [9.17, 15) is 15.0 Å². The number of fused-ring (bicyclic) bond motifs is 5. The van der Waals surface area contributed by atoms with Crippen LogP contribution in [0.25, 0.3) is 0 Å². The molecule has 0 saturated heterocycles. The maximum Gasteiger partial charge on any atom is 0.331 e. The van der Waals surface area contributed by atoms with Gasteiger partial charge in [-0.05, 0) is 111 Å². The van der Waals surface area contributed by atoms with Crippen molar-refractivity contribution in [3.63, 3.8) is 0 Å². The number of rotatable bonds is 6. The van der Waals surface area contributed by atoms with E-state index in [0.717, 1.165) is 37.7 Å². The first-order valence-electron chi connectivity index (χ1n) is 14.2. The number of aliphatic hydroxyl groups is 1. The number of carboxylic acid groups (broad SMARTS) is 1. The topological polar surface area (TPSA) is 76.0 Å². The Labute approximate surface area is 218 Å². The summed E-state index contributed by atoms with van der Waals surface area (Å²) in [4.78, 5) is 12.6. The molecule has 4 aliphatic carbocycles. The van der Waals surface area contributed by atoms with Gasteiger partial charge in [0, 0.05) is 19.8 Å². The highest BCUT2D eigenvalue weighted by Crippen LogP contribution is 2.74. The van der Waals surface area contributed by atoms with Crippen molar-refractivity contribution in [3.05, 3.63) is 22.8 Å². The van der Waals surface area contributed by atoms with Gasteiger partial charge in [-0.3, -0.25) is 0 Å². The molecule has 0 aliphatic heterocycles. The molecule has 0 amide bonds. The highest BCUT2D eigenvalue weighted by Gasteiger charge is 2.70. The van der Waals surface area contributed by atoms with E-state index in [4.69, 9.17) is 9.47 Å². The van der Waals surface area contributed by atoms with Gasteiger partial charge in [0.05, 0.1) is 18.3 Å². The van der Waals surface area contributed by atoms with Gasteiger partial charge < -0.3 is 19.7 Å². The molecule has 4 aliphatic rings. The number of hydrogen-bond donors (Lipinski definition) is 2. The van der Waals surface area contributed by atoms with E-state index in [0.29, 0.717) is 42.8 Å². The largest absolute Gasteiger partial charge is 0.478 e. The van der Waals surface area contributed by atoms with Crippen molar-refractivity contribution in [3.8, 4) is 0 Å². The smallest absolute Gasteiger partial charge is 0.331 e. The van der Waals surface area contributed by atoms with Crippen LogP contribution in [-0.4, -0.2) is 48.7 Å². The quantitative estimate of drug-likeness (QED) is 0.324.